The zero-order valence-corrected chi connectivity index (χ0v) is 9.75. The van der Waals surface area contributed by atoms with Crippen molar-refractivity contribution in [2.24, 2.45) is 17.6 Å². The van der Waals surface area contributed by atoms with Gasteiger partial charge in [-0.15, -0.1) is 0 Å². The molecule has 0 spiro atoms. The van der Waals surface area contributed by atoms with Gasteiger partial charge in [-0.1, -0.05) is 34.1 Å². The van der Waals surface area contributed by atoms with Gasteiger partial charge in [0.25, 0.3) is 0 Å². The number of esters is 1. The molecule has 1 unspecified atom stereocenters. The number of hydrogen-bond donors (Lipinski definition) is 1. The van der Waals surface area contributed by atoms with Crippen molar-refractivity contribution >= 4 is 5.97 Å². The van der Waals surface area contributed by atoms with Gasteiger partial charge in [-0.25, -0.2) is 0 Å². The molecule has 0 aliphatic heterocycles. The van der Waals surface area contributed by atoms with Crippen LogP contribution in [0.25, 0.3) is 0 Å². The number of ether oxygens (including phenoxy) is 1. The van der Waals surface area contributed by atoms with Crippen LogP contribution < -0.4 is 5.73 Å². The molecule has 0 radical (unpaired) electrons. The van der Waals surface area contributed by atoms with Crippen LogP contribution in [0.4, 0.5) is 0 Å². The van der Waals surface area contributed by atoms with Crippen molar-refractivity contribution in [3.05, 3.63) is 0 Å². The molecule has 0 saturated heterocycles. The van der Waals surface area contributed by atoms with E-state index in [1.807, 2.05) is 13.8 Å². The molecule has 0 saturated carbocycles. The van der Waals surface area contributed by atoms with E-state index in [1.54, 1.807) is 0 Å². The molecule has 0 aromatic heterocycles. The van der Waals surface area contributed by atoms with Crippen molar-refractivity contribution in [3.8, 4) is 0 Å². The third kappa shape index (κ3) is 5.22. The monoisotopic (exact) mass is 201 g/mol. The van der Waals surface area contributed by atoms with Gasteiger partial charge in [0.1, 0.15) is 6.04 Å². The van der Waals surface area contributed by atoms with Crippen LogP contribution in [0.15, 0.2) is 0 Å². The standard InChI is InChI=1S/C11H23NO2/c1-5-9(4)10(12)11(13)14-7-6-8(2)3/h8-10H,5-7,12H2,1-4H3/t9?,10-/m0/s1. The van der Waals surface area contributed by atoms with Crippen molar-refractivity contribution < 1.29 is 9.53 Å². The van der Waals surface area contributed by atoms with E-state index < -0.39 is 6.04 Å². The van der Waals surface area contributed by atoms with Gasteiger partial charge in [0.05, 0.1) is 6.61 Å². The molecule has 14 heavy (non-hydrogen) atoms. The Hall–Kier alpha value is -0.570. The van der Waals surface area contributed by atoms with Gasteiger partial charge in [0.2, 0.25) is 0 Å². The molecule has 3 nitrogen and oxygen atoms in total. The van der Waals surface area contributed by atoms with Gasteiger partial charge in [0.15, 0.2) is 0 Å². The first-order chi connectivity index (χ1) is 6.49. The average Bonchev–Trinajstić information content (AvgIpc) is 2.14. The highest BCUT2D eigenvalue weighted by Gasteiger charge is 2.20. The van der Waals surface area contributed by atoms with Gasteiger partial charge in [-0.05, 0) is 18.3 Å². The van der Waals surface area contributed by atoms with Crippen LogP contribution in [0.3, 0.4) is 0 Å². The molecule has 0 rings (SSSR count). The molecular weight excluding hydrogens is 178 g/mol. The minimum Gasteiger partial charge on any atom is -0.465 e. The molecule has 0 heterocycles. The Morgan fingerprint density at radius 3 is 2.36 bits per heavy atom. The fourth-order valence-electron chi connectivity index (χ4n) is 0.978. The van der Waals surface area contributed by atoms with Crippen LogP contribution in [0.1, 0.15) is 40.5 Å². The Bertz CT molecular complexity index is 169. The fraction of sp³-hybridized carbons (Fsp3) is 0.909. The second kappa shape index (κ2) is 6.82. The average molecular weight is 201 g/mol. The Morgan fingerprint density at radius 1 is 1.36 bits per heavy atom. The Morgan fingerprint density at radius 2 is 1.93 bits per heavy atom. The van der Waals surface area contributed by atoms with Crippen LogP contribution in [-0.4, -0.2) is 18.6 Å². The zero-order chi connectivity index (χ0) is 11.1. The second-order valence-corrected chi connectivity index (χ2v) is 4.26. The van der Waals surface area contributed by atoms with Crippen molar-refractivity contribution in [1.29, 1.82) is 0 Å². The lowest BCUT2D eigenvalue weighted by Crippen LogP contribution is -2.38. The molecule has 2 N–H and O–H groups in total. The number of hydrogen-bond acceptors (Lipinski definition) is 3. The van der Waals surface area contributed by atoms with E-state index in [4.69, 9.17) is 10.5 Å². The van der Waals surface area contributed by atoms with E-state index >= 15 is 0 Å². The summed E-state index contributed by atoms with van der Waals surface area (Å²) in [5, 5.41) is 0. The number of rotatable bonds is 6. The number of nitrogens with two attached hydrogens (primary N) is 1. The maximum Gasteiger partial charge on any atom is 0.323 e. The van der Waals surface area contributed by atoms with Crippen LogP contribution in [0.2, 0.25) is 0 Å². The predicted molar refractivity (Wildman–Crippen MR) is 57.8 cm³/mol. The summed E-state index contributed by atoms with van der Waals surface area (Å²) in [6, 6.07) is -0.466. The molecule has 0 aliphatic carbocycles. The highest BCUT2D eigenvalue weighted by atomic mass is 16.5. The van der Waals surface area contributed by atoms with Gasteiger partial charge in [-0.2, -0.15) is 0 Å². The van der Waals surface area contributed by atoms with Crippen molar-refractivity contribution in [3.63, 3.8) is 0 Å². The first kappa shape index (κ1) is 13.4. The summed E-state index contributed by atoms with van der Waals surface area (Å²) >= 11 is 0. The topological polar surface area (TPSA) is 52.3 Å². The van der Waals surface area contributed by atoms with Gasteiger partial charge >= 0.3 is 5.97 Å². The van der Waals surface area contributed by atoms with Gasteiger partial charge < -0.3 is 10.5 Å². The second-order valence-electron chi connectivity index (χ2n) is 4.26. The van der Waals surface area contributed by atoms with E-state index in [9.17, 15) is 4.79 Å². The van der Waals surface area contributed by atoms with E-state index in [1.165, 1.54) is 0 Å². The van der Waals surface area contributed by atoms with Crippen LogP contribution in [0.5, 0.6) is 0 Å². The summed E-state index contributed by atoms with van der Waals surface area (Å²) in [6.07, 6.45) is 1.80. The molecule has 0 aliphatic rings. The third-order valence-corrected chi connectivity index (χ3v) is 2.47. The Balaban J connectivity index is 3.73. The van der Waals surface area contributed by atoms with Gasteiger partial charge in [0, 0.05) is 0 Å². The SMILES string of the molecule is CCC(C)[C@H](N)C(=O)OCCC(C)C. The molecule has 0 bridgehead atoms. The molecular formula is C11H23NO2. The van der Waals surface area contributed by atoms with Crippen molar-refractivity contribution in [2.75, 3.05) is 6.61 Å². The summed E-state index contributed by atoms with van der Waals surface area (Å²) in [5.41, 5.74) is 5.71. The van der Waals surface area contributed by atoms with Crippen LogP contribution in [0, 0.1) is 11.8 Å². The first-order valence-corrected chi connectivity index (χ1v) is 5.41. The van der Waals surface area contributed by atoms with E-state index in [0.717, 1.165) is 12.8 Å². The van der Waals surface area contributed by atoms with E-state index in [-0.39, 0.29) is 11.9 Å². The third-order valence-electron chi connectivity index (χ3n) is 2.47. The predicted octanol–water partition coefficient (Wildman–Crippen LogP) is 1.95. The molecule has 0 aromatic carbocycles. The van der Waals surface area contributed by atoms with Gasteiger partial charge in [-0.3, -0.25) is 4.79 Å². The Kier molecular flexibility index (Phi) is 6.54. The summed E-state index contributed by atoms with van der Waals surface area (Å²) in [6.45, 7) is 8.67. The minimum atomic E-state index is -0.466. The molecule has 0 aromatic rings. The van der Waals surface area contributed by atoms with Crippen LogP contribution >= 0.6 is 0 Å². The fourth-order valence-corrected chi connectivity index (χ4v) is 0.978. The van der Waals surface area contributed by atoms with E-state index in [0.29, 0.717) is 12.5 Å². The summed E-state index contributed by atoms with van der Waals surface area (Å²) < 4.78 is 5.07. The molecule has 0 amide bonds. The van der Waals surface area contributed by atoms with Crippen molar-refractivity contribution in [2.45, 2.75) is 46.6 Å². The quantitative estimate of drug-likeness (QED) is 0.668. The Labute approximate surface area is 87.0 Å². The normalized spacial score (nSPS) is 15.3. The zero-order valence-electron chi connectivity index (χ0n) is 9.75. The molecule has 3 heteroatoms. The van der Waals surface area contributed by atoms with E-state index in [2.05, 4.69) is 13.8 Å². The largest absolute Gasteiger partial charge is 0.465 e. The first-order valence-electron chi connectivity index (χ1n) is 5.41. The lowest BCUT2D eigenvalue weighted by Gasteiger charge is -2.17. The lowest BCUT2D eigenvalue weighted by atomic mass is 10.0. The van der Waals surface area contributed by atoms with Crippen LogP contribution in [-0.2, 0) is 9.53 Å². The maximum absolute atomic E-state index is 11.4. The van der Waals surface area contributed by atoms with Crippen molar-refractivity contribution in [1.82, 2.24) is 0 Å². The number of carbonyl (C=O) groups is 1. The summed E-state index contributed by atoms with van der Waals surface area (Å²) in [4.78, 5) is 11.4. The summed E-state index contributed by atoms with van der Waals surface area (Å²) in [5.74, 6) is 0.490. The molecule has 0 fully saturated rings. The highest BCUT2D eigenvalue weighted by Crippen LogP contribution is 2.07. The lowest BCUT2D eigenvalue weighted by molar-refractivity contribution is -0.146. The minimum absolute atomic E-state index is 0.196. The molecule has 84 valence electrons. The number of carbonyl (C=O) groups excluding carboxylic acids is 1. The summed E-state index contributed by atoms with van der Waals surface area (Å²) in [7, 11) is 0. The maximum atomic E-state index is 11.4. The highest BCUT2D eigenvalue weighted by molar-refractivity contribution is 5.75. The molecule has 2 atom stereocenters. The smallest absolute Gasteiger partial charge is 0.323 e.